The van der Waals surface area contributed by atoms with Crippen molar-refractivity contribution in [1.82, 2.24) is 0 Å². The predicted molar refractivity (Wildman–Crippen MR) is 49.7 cm³/mol. The second-order valence-electron chi connectivity index (χ2n) is 2.38. The zero-order valence-electron chi connectivity index (χ0n) is 8.22. The van der Waals surface area contributed by atoms with Gasteiger partial charge in [0.2, 0.25) is 0 Å². The van der Waals surface area contributed by atoms with Gasteiger partial charge in [0.15, 0.2) is 0 Å². The summed E-state index contributed by atoms with van der Waals surface area (Å²) in [7, 11) is -2.73. The van der Waals surface area contributed by atoms with Crippen LogP contribution in [0.15, 0.2) is 24.3 Å². The third-order valence-electron chi connectivity index (χ3n) is 1.28. The normalized spacial score (nSPS) is 10.0. The van der Waals surface area contributed by atoms with E-state index in [1.54, 1.807) is 14.2 Å². The zero-order valence-corrected chi connectivity index (χ0v) is 8.22. The first-order valence-electron chi connectivity index (χ1n) is 3.92. The van der Waals surface area contributed by atoms with Crippen molar-refractivity contribution in [3.8, 4) is 11.5 Å². The molecule has 0 spiro atoms. The Morgan fingerprint density at radius 3 is 1.53 bits per heavy atom. The minimum Gasteiger partial charge on any atom is -0.497 e. The summed E-state index contributed by atoms with van der Waals surface area (Å²) in [6, 6.07) is 7.47. The summed E-state index contributed by atoms with van der Waals surface area (Å²) in [5.74, 6) is 1.64. The van der Waals surface area contributed by atoms with Crippen LogP contribution < -0.4 is 9.47 Å². The van der Waals surface area contributed by atoms with Crippen molar-refractivity contribution in [2.24, 2.45) is 0 Å². The van der Waals surface area contributed by atoms with Crippen LogP contribution in [-0.4, -0.2) is 21.5 Å². The fourth-order valence-corrected chi connectivity index (χ4v) is 0.728. The maximum atomic E-state index is 9.75. The van der Waals surface area contributed by atoms with E-state index >= 15 is 0 Å². The predicted octanol–water partition coefficient (Wildman–Crippen LogP) is 3.00. The molecule has 15 heavy (non-hydrogen) atoms. The zero-order chi connectivity index (χ0) is 11.9. The maximum absolute atomic E-state index is 9.75. The third-order valence-corrected chi connectivity index (χ3v) is 1.28. The van der Waals surface area contributed by atoms with E-state index in [0.29, 0.717) is 0 Å². The smallest absolute Gasteiger partial charge is 0.497 e. The maximum Gasteiger partial charge on any atom is 0.673 e. The first kappa shape index (κ1) is 13.6. The van der Waals surface area contributed by atoms with E-state index in [1.807, 2.05) is 24.3 Å². The van der Waals surface area contributed by atoms with Crippen molar-refractivity contribution in [3.63, 3.8) is 0 Å². The number of methoxy groups -OCH3 is 2. The largest absolute Gasteiger partial charge is 0.673 e. The molecule has 7 heteroatoms. The van der Waals surface area contributed by atoms with Crippen LogP contribution in [0.5, 0.6) is 11.5 Å². The van der Waals surface area contributed by atoms with Gasteiger partial charge in [-0.15, -0.1) is 0 Å². The van der Waals surface area contributed by atoms with E-state index < -0.39 is 7.25 Å². The lowest BCUT2D eigenvalue weighted by Gasteiger charge is -2.01. The molecule has 1 rings (SSSR count). The number of hydrogen-bond donors (Lipinski definition) is 0. The molecule has 1 aromatic rings. The molecule has 1 aromatic carbocycles. The molecule has 0 bridgehead atoms. The minimum atomic E-state index is -6.00. The van der Waals surface area contributed by atoms with E-state index in [1.165, 1.54) is 0 Å². The molecule has 0 aromatic heterocycles. The summed E-state index contributed by atoms with van der Waals surface area (Å²) in [6.45, 7) is 0. The van der Waals surface area contributed by atoms with Gasteiger partial charge in [0.05, 0.1) is 14.2 Å². The molecule has 0 saturated heterocycles. The second kappa shape index (κ2) is 6.16. The first-order chi connectivity index (χ1) is 6.86. The standard InChI is InChI=1S/C8H10O2.BF4/c1-9-7-4-3-5-8(6-7)10-2;2-1(3,4)5/h3-6H,1-2H3;/q;-1. The third kappa shape index (κ3) is 8.92. The highest BCUT2D eigenvalue weighted by molar-refractivity contribution is 6.50. The Hall–Kier alpha value is -1.40. The minimum absolute atomic E-state index is 0.819. The molecule has 0 fully saturated rings. The van der Waals surface area contributed by atoms with Crippen LogP contribution >= 0.6 is 0 Å². The molecule has 86 valence electrons. The number of hydrogen-bond acceptors (Lipinski definition) is 2. The lowest BCUT2D eigenvalue weighted by Crippen LogP contribution is -2.02. The number of ether oxygens (including phenoxy) is 2. The summed E-state index contributed by atoms with van der Waals surface area (Å²) in [5.41, 5.74) is 0. The molecule has 0 amide bonds. The number of benzene rings is 1. The average molecular weight is 225 g/mol. The van der Waals surface area contributed by atoms with E-state index in [9.17, 15) is 17.3 Å². The Morgan fingerprint density at radius 1 is 0.933 bits per heavy atom. The van der Waals surface area contributed by atoms with Gasteiger partial charge >= 0.3 is 7.25 Å². The van der Waals surface area contributed by atoms with Crippen LogP contribution in [0, 0.1) is 0 Å². The van der Waals surface area contributed by atoms with Gasteiger partial charge in [0.1, 0.15) is 11.5 Å². The van der Waals surface area contributed by atoms with Crippen LogP contribution in [0.3, 0.4) is 0 Å². The molecule has 0 aliphatic heterocycles. The number of halogens is 4. The molecular formula is C8H10BF4O2-. The highest BCUT2D eigenvalue weighted by Crippen LogP contribution is 2.17. The van der Waals surface area contributed by atoms with Gasteiger partial charge in [0, 0.05) is 6.07 Å². The Kier molecular flexibility index (Phi) is 5.58. The Morgan fingerprint density at radius 2 is 1.27 bits per heavy atom. The van der Waals surface area contributed by atoms with Crippen molar-refractivity contribution in [2.45, 2.75) is 0 Å². The van der Waals surface area contributed by atoms with Crippen molar-refractivity contribution in [2.75, 3.05) is 14.2 Å². The van der Waals surface area contributed by atoms with Crippen LogP contribution in [0.2, 0.25) is 0 Å². The van der Waals surface area contributed by atoms with Crippen LogP contribution in [0.25, 0.3) is 0 Å². The SMILES string of the molecule is COc1cccc(OC)c1.F[B-](F)(F)F. The lowest BCUT2D eigenvalue weighted by atomic mass is 10.3. The Bertz CT molecular complexity index is 265. The topological polar surface area (TPSA) is 18.5 Å². The molecule has 0 aliphatic rings. The molecule has 0 N–H and O–H groups in total. The van der Waals surface area contributed by atoms with Crippen molar-refractivity contribution >= 4 is 7.25 Å². The summed E-state index contributed by atoms with van der Waals surface area (Å²) in [6.07, 6.45) is 0. The molecule has 0 saturated carbocycles. The molecule has 0 aliphatic carbocycles. The monoisotopic (exact) mass is 225 g/mol. The fourth-order valence-electron chi connectivity index (χ4n) is 0.728. The Labute approximate surface area is 84.9 Å². The van der Waals surface area contributed by atoms with Crippen molar-refractivity contribution in [3.05, 3.63) is 24.3 Å². The summed E-state index contributed by atoms with van der Waals surface area (Å²) < 4.78 is 49.0. The highest BCUT2D eigenvalue weighted by Gasteiger charge is 2.20. The van der Waals surface area contributed by atoms with E-state index in [4.69, 9.17) is 9.47 Å². The molecular weight excluding hydrogens is 215 g/mol. The van der Waals surface area contributed by atoms with Crippen LogP contribution in [-0.2, 0) is 0 Å². The molecule has 0 atom stereocenters. The average Bonchev–Trinajstić information content (AvgIpc) is 2.15. The Balaban J connectivity index is 0.000000336. The van der Waals surface area contributed by atoms with E-state index in [2.05, 4.69) is 0 Å². The summed E-state index contributed by atoms with van der Waals surface area (Å²) in [4.78, 5) is 0. The van der Waals surface area contributed by atoms with Crippen molar-refractivity contribution in [1.29, 1.82) is 0 Å². The molecule has 0 radical (unpaired) electrons. The van der Waals surface area contributed by atoms with Gasteiger partial charge in [0.25, 0.3) is 0 Å². The van der Waals surface area contributed by atoms with Gasteiger partial charge in [-0.3, -0.25) is 0 Å². The number of rotatable bonds is 2. The summed E-state index contributed by atoms with van der Waals surface area (Å²) in [5, 5.41) is 0. The quantitative estimate of drug-likeness (QED) is 0.568. The van der Waals surface area contributed by atoms with E-state index in [-0.39, 0.29) is 0 Å². The second-order valence-corrected chi connectivity index (χ2v) is 2.38. The van der Waals surface area contributed by atoms with E-state index in [0.717, 1.165) is 11.5 Å². The van der Waals surface area contributed by atoms with Gasteiger partial charge < -0.3 is 26.7 Å². The van der Waals surface area contributed by atoms with Crippen molar-refractivity contribution < 1.29 is 26.7 Å². The van der Waals surface area contributed by atoms with Gasteiger partial charge in [-0.25, -0.2) is 0 Å². The van der Waals surface area contributed by atoms with Gasteiger partial charge in [-0.2, -0.15) is 0 Å². The highest BCUT2D eigenvalue weighted by atomic mass is 19.5. The molecule has 0 unspecified atom stereocenters. The molecule has 0 heterocycles. The van der Waals surface area contributed by atoms with Gasteiger partial charge in [-0.05, 0) is 12.1 Å². The van der Waals surface area contributed by atoms with Crippen LogP contribution in [0.1, 0.15) is 0 Å². The summed E-state index contributed by atoms with van der Waals surface area (Å²) >= 11 is 0. The molecule has 2 nitrogen and oxygen atoms in total. The first-order valence-corrected chi connectivity index (χ1v) is 3.92. The lowest BCUT2D eigenvalue weighted by molar-refractivity contribution is 0.368. The van der Waals surface area contributed by atoms with Crippen LogP contribution in [0.4, 0.5) is 17.3 Å². The fraction of sp³-hybridized carbons (Fsp3) is 0.250. The van der Waals surface area contributed by atoms with Gasteiger partial charge in [-0.1, -0.05) is 6.07 Å².